The normalized spacial score (nSPS) is 12.0. The minimum absolute atomic E-state index is 0.111. The van der Waals surface area contributed by atoms with E-state index in [1.54, 1.807) is 0 Å². The van der Waals surface area contributed by atoms with Crippen molar-refractivity contribution in [2.24, 2.45) is 0 Å². The summed E-state index contributed by atoms with van der Waals surface area (Å²) in [5.41, 5.74) is -0.724. The van der Waals surface area contributed by atoms with Crippen LogP contribution in [0.5, 0.6) is 0 Å². The lowest BCUT2D eigenvalue weighted by molar-refractivity contribution is -0.137. The van der Waals surface area contributed by atoms with Crippen molar-refractivity contribution in [2.75, 3.05) is 11.6 Å². The molecule has 0 aliphatic heterocycles. The lowest BCUT2D eigenvalue weighted by Crippen LogP contribution is -2.16. The molecule has 0 aliphatic rings. The molecule has 2 aromatic carbocycles. The van der Waals surface area contributed by atoms with E-state index in [2.05, 4.69) is 15.5 Å². The van der Waals surface area contributed by atoms with Gasteiger partial charge in [-0.25, -0.2) is 8.42 Å². The van der Waals surface area contributed by atoms with Crippen molar-refractivity contribution >= 4 is 21.8 Å². The molecule has 1 amide bonds. The molecule has 3 rings (SSSR count). The first-order valence-electron chi connectivity index (χ1n) is 7.67. The van der Waals surface area contributed by atoms with Crippen LogP contribution in [0, 0.1) is 0 Å². The van der Waals surface area contributed by atoms with Crippen molar-refractivity contribution < 1.29 is 30.8 Å². The summed E-state index contributed by atoms with van der Waals surface area (Å²) in [5, 5.41) is 9.54. The fourth-order valence-electron chi connectivity index (χ4n) is 2.33. The lowest BCUT2D eigenvalue weighted by Gasteiger charge is -2.06. The number of hydrogen-bond donors (Lipinski definition) is 1. The summed E-state index contributed by atoms with van der Waals surface area (Å²) in [4.78, 5) is 12.2. The Balaban J connectivity index is 1.81. The average Bonchev–Trinajstić information content (AvgIpc) is 3.09. The SMILES string of the molecule is CS(=O)(=O)c1ccccc1C(=O)Nc1nnc(-c2ccc(C(F)(F)F)cc2)o1. The van der Waals surface area contributed by atoms with E-state index in [1.807, 2.05) is 0 Å². The number of carbonyl (C=O) groups is 1. The van der Waals surface area contributed by atoms with Crippen LogP contribution >= 0.6 is 0 Å². The van der Waals surface area contributed by atoms with Crippen molar-refractivity contribution in [3.8, 4) is 11.5 Å². The van der Waals surface area contributed by atoms with Crippen LogP contribution in [0.4, 0.5) is 19.2 Å². The molecule has 0 bridgehead atoms. The van der Waals surface area contributed by atoms with Crippen LogP contribution in [0.2, 0.25) is 0 Å². The van der Waals surface area contributed by atoms with Crippen molar-refractivity contribution in [1.82, 2.24) is 10.2 Å². The summed E-state index contributed by atoms with van der Waals surface area (Å²) in [6.45, 7) is 0. The first-order valence-corrected chi connectivity index (χ1v) is 9.56. The number of sulfone groups is 1. The quantitative estimate of drug-likeness (QED) is 0.706. The Morgan fingerprint density at radius 1 is 1.04 bits per heavy atom. The van der Waals surface area contributed by atoms with Gasteiger partial charge in [-0.05, 0) is 36.4 Å². The third-order valence-electron chi connectivity index (χ3n) is 3.64. The molecule has 0 saturated carbocycles. The number of halogens is 3. The van der Waals surface area contributed by atoms with Gasteiger partial charge in [0.2, 0.25) is 5.89 Å². The summed E-state index contributed by atoms with van der Waals surface area (Å²) >= 11 is 0. The monoisotopic (exact) mass is 411 g/mol. The summed E-state index contributed by atoms with van der Waals surface area (Å²) < 4.78 is 66.6. The molecule has 1 N–H and O–H groups in total. The zero-order chi connectivity index (χ0) is 20.5. The number of aromatic nitrogens is 2. The zero-order valence-corrected chi connectivity index (χ0v) is 15.0. The molecule has 0 aliphatic carbocycles. The Labute approximate surface area is 157 Å². The van der Waals surface area contributed by atoms with Gasteiger partial charge in [0, 0.05) is 11.8 Å². The largest absolute Gasteiger partial charge is 0.416 e. The average molecular weight is 411 g/mol. The van der Waals surface area contributed by atoms with Crippen LogP contribution in [0.3, 0.4) is 0 Å². The molecule has 0 saturated heterocycles. The fraction of sp³-hybridized carbons (Fsp3) is 0.118. The Morgan fingerprint density at radius 2 is 1.68 bits per heavy atom. The van der Waals surface area contributed by atoms with Gasteiger partial charge in [-0.15, -0.1) is 5.10 Å². The molecule has 0 radical (unpaired) electrons. The fourth-order valence-corrected chi connectivity index (χ4v) is 3.22. The van der Waals surface area contributed by atoms with E-state index in [0.717, 1.165) is 30.5 Å². The Morgan fingerprint density at radius 3 is 2.29 bits per heavy atom. The van der Waals surface area contributed by atoms with E-state index in [4.69, 9.17) is 4.42 Å². The van der Waals surface area contributed by atoms with Crippen LogP contribution in [0.25, 0.3) is 11.5 Å². The van der Waals surface area contributed by atoms with Crippen LogP contribution in [0.1, 0.15) is 15.9 Å². The Bertz CT molecular complexity index is 1120. The van der Waals surface area contributed by atoms with Crippen LogP contribution < -0.4 is 5.32 Å². The molecule has 0 fully saturated rings. The number of hydrogen-bond acceptors (Lipinski definition) is 6. The first kappa shape index (κ1) is 19.5. The van der Waals surface area contributed by atoms with Crippen molar-refractivity contribution in [1.29, 1.82) is 0 Å². The highest BCUT2D eigenvalue weighted by molar-refractivity contribution is 7.90. The minimum Gasteiger partial charge on any atom is -0.403 e. The molecule has 11 heteroatoms. The van der Waals surface area contributed by atoms with Gasteiger partial charge in [0.1, 0.15) is 0 Å². The van der Waals surface area contributed by atoms with Gasteiger partial charge in [-0.1, -0.05) is 17.2 Å². The minimum atomic E-state index is -4.47. The van der Waals surface area contributed by atoms with E-state index >= 15 is 0 Å². The second-order valence-corrected chi connectivity index (χ2v) is 7.69. The Kier molecular flexibility index (Phi) is 4.94. The van der Waals surface area contributed by atoms with Crippen molar-refractivity contribution in [2.45, 2.75) is 11.1 Å². The molecule has 28 heavy (non-hydrogen) atoms. The van der Waals surface area contributed by atoms with E-state index in [-0.39, 0.29) is 27.9 Å². The standard InChI is InChI=1S/C17H12F3N3O4S/c1-28(25,26)13-5-3-2-4-12(13)14(24)21-16-23-22-15(27-16)10-6-8-11(9-7-10)17(18,19)20/h2-9H,1H3,(H,21,23,24). The maximum Gasteiger partial charge on any atom is 0.416 e. The molecule has 1 heterocycles. The number of benzene rings is 2. The van der Waals surface area contributed by atoms with E-state index < -0.39 is 27.5 Å². The highest BCUT2D eigenvalue weighted by Crippen LogP contribution is 2.31. The van der Waals surface area contributed by atoms with Crippen LogP contribution in [-0.4, -0.2) is 30.8 Å². The number of alkyl halides is 3. The third-order valence-corrected chi connectivity index (χ3v) is 4.79. The van der Waals surface area contributed by atoms with Crippen LogP contribution in [0.15, 0.2) is 57.8 Å². The van der Waals surface area contributed by atoms with E-state index in [9.17, 15) is 26.4 Å². The van der Waals surface area contributed by atoms with E-state index in [0.29, 0.717) is 0 Å². The molecular weight excluding hydrogens is 399 g/mol. The van der Waals surface area contributed by atoms with Gasteiger partial charge < -0.3 is 4.42 Å². The highest BCUT2D eigenvalue weighted by Gasteiger charge is 2.30. The van der Waals surface area contributed by atoms with Gasteiger partial charge in [0.15, 0.2) is 9.84 Å². The summed E-state index contributed by atoms with van der Waals surface area (Å²) in [5.74, 6) is -0.899. The van der Waals surface area contributed by atoms with Crippen molar-refractivity contribution in [3.63, 3.8) is 0 Å². The first-order chi connectivity index (χ1) is 13.1. The maximum absolute atomic E-state index is 12.6. The predicted molar refractivity (Wildman–Crippen MR) is 92.2 cm³/mol. The molecule has 0 atom stereocenters. The second kappa shape index (κ2) is 7.08. The highest BCUT2D eigenvalue weighted by atomic mass is 32.2. The number of rotatable bonds is 4. The van der Waals surface area contributed by atoms with E-state index in [1.165, 1.54) is 24.3 Å². The lowest BCUT2D eigenvalue weighted by atomic mass is 10.1. The number of carbonyl (C=O) groups excluding carboxylic acids is 1. The molecule has 0 spiro atoms. The zero-order valence-electron chi connectivity index (χ0n) is 14.2. The second-order valence-electron chi connectivity index (χ2n) is 5.71. The molecule has 0 unspecified atom stereocenters. The number of nitrogens with one attached hydrogen (secondary N) is 1. The molecule has 3 aromatic rings. The molecule has 7 nitrogen and oxygen atoms in total. The summed E-state index contributed by atoms with van der Waals surface area (Å²) in [7, 11) is -3.64. The molecule has 1 aromatic heterocycles. The molecular formula is C17H12F3N3O4S. The van der Waals surface area contributed by atoms with Gasteiger partial charge in [0.25, 0.3) is 5.91 Å². The number of nitrogens with zero attached hydrogens (tertiary/aromatic N) is 2. The summed E-state index contributed by atoms with van der Waals surface area (Å²) in [6, 6.07) is 9.27. The predicted octanol–water partition coefficient (Wildman–Crippen LogP) is 3.41. The Hall–Kier alpha value is -3.21. The van der Waals surface area contributed by atoms with Gasteiger partial charge in [-0.3, -0.25) is 10.1 Å². The maximum atomic E-state index is 12.6. The third kappa shape index (κ3) is 4.19. The number of anilines is 1. The van der Waals surface area contributed by atoms with Crippen molar-refractivity contribution in [3.05, 3.63) is 59.7 Å². The number of amides is 1. The topological polar surface area (TPSA) is 102 Å². The smallest absolute Gasteiger partial charge is 0.403 e. The van der Waals surface area contributed by atoms with Crippen LogP contribution in [-0.2, 0) is 16.0 Å². The van der Waals surface area contributed by atoms with Gasteiger partial charge >= 0.3 is 12.2 Å². The van der Waals surface area contributed by atoms with Gasteiger partial charge in [-0.2, -0.15) is 13.2 Å². The summed E-state index contributed by atoms with van der Waals surface area (Å²) in [6.07, 6.45) is -3.51. The van der Waals surface area contributed by atoms with Gasteiger partial charge in [0.05, 0.1) is 16.0 Å². The molecule has 146 valence electrons.